The van der Waals surface area contributed by atoms with Crippen molar-refractivity contribution in [1.82, 2.24) is 14.4 Å². The predicted octanol–water partition coefficient (Wildman–Crippen LogP) is 3.17. The van der Waals surface area contributed by atoms with Crippen molar-refractivity contribution >= 4 is 27.6 Å². The van der Waals surface area contributed by atoms with Crippen molar-refractivity contribution in [2.75, 3.05) is 0 Å². The van der Waals surface area contributed by atoms with Gasteiger partial charge in [-0.15, -0.1) is 0 Å². The maximum atomic E-state index is 13.4. The lowest BCUT2D eigenvalue weighted by Crippen LogP contribution is -1.90. The number of nitrogens with zero attached hydrogens (tertiary/aromatic N) is 3. The van der Waals surface area contributed by atoms with E-state index in [1.807, 2.05) is 28.7 Å². The quantitative estimate of drug-likeness (QED) is 0.470. The largest absolute Gasteiger partial charge is 0.282 e. The topological polar surface area (TPSA) is 30.2 Å². The van der Waals surface area contributed by atoms with Crippen molar-refractivity contribution in [3.63, 3.8) is 0 Å². The van der Waals surface area contributed by atoms with Crippen LogP contribution in [0.2, 0.25) is 0 Å². The van der Waals surface area contributed by atoms with Crippen molar-refractivity contribution < 1.29 is 4.39 Å². The number of halogens is 1. The van der Waals surface area contributed by atoms with Crippen LogP contribution in [0, 0.1) is 5.82 Å². The Hall–Kier alpha value is -2.49. The first kappa shape index (κ1) is 9.53. The van der Waals surface area contributed by atoms with Crippen LogP contribution in [0.25, 0.3) is 27.6 Å². The maximum absolute atomic E-state index is 13.4. The van der Waals surface area contributed by atoms with E-state index in [9.17, 15) is 4.39 Å². The molecule has 0 aliphatic rings. The normalized spacial score (nSPS) is 11.6. The third kappa shape index (κ3) is 1.17. The number of benzene rings is 2. The van der Waals surface area contributed by atoms with Crippen LogP contribution in [0.5, 0.6) is 0 Å². The molecule has 0 aliphatic carbocycles. The second kappa shape index (κ2) is 3.26. The number of imidazole rings is 1. The molecule has 4 heteroatoms. The van der Waals surface area contributed by atoms with Crippen molar-refractivity contribution in [3.8, 4) is 0 Å². The van der Waals surface area contributed by atoms with Crippen LogP contribution in [0.3, 0.4) is 0 Å². The van der Waals surface area contributed by atoms with Gasteiger partial charge in [0.25, 0.3) is 0 Å². The van der Waals surface area contributed by atoms with Crippen LogP contribution in [0.1, 0.15) is 0 Å². The molecule has 0 radical (unpaired) electrons. The summed E-state index contributed by atoms with van der Waals surface area (Å²) in [6.07, 6.45) is 1.73. The van der Waals surface area contributed by atoms with Gasteiger partial charge in [0.1, 0.15) is 17.8 Å². The molecule has 2 heterocycles. The highest BCUT2D eigenvalue weighted by atomic mass is 19.1. The number of fused-ring (bicyclic) bond motifs is 5. The molecule has 0 aliphatic heterocycles. The molecule has 2 aromatic carbocycles. The van der Waals surface area contributed by atoms with Crippen LogP contribution >= 0.6 is 0 Å². The van der Waals surface area contributed by atoms with Gasteiger partial charge < -0.3 is 0 Å². The molecular formula is C14H8FN3. The Morgan fingerprint density at radius 3 is 2.83 bits per heavy atom. The van der Waals surface area contributed by atoms with Gasteiger partial charge in [-0.05, 0) is 30.3 Å². The van der Waals surface area contributed by atoms with Crippen LogP contribution in [-0.4, -0.2) is 14.4 Å². The first-order valence-electron chi connectivity index (χ1n) is 5.64. The van der Waals surface area contributed by atoms with Gasteiger partial charge in [-0.25, -0.2) is 14.4 Å². The van der Waals surface area contributed by atoms with Gasteiger partial charge in [0.15, 0.2) is 0 Å². The zero-order valence-electron chi connectivity index (χ0n) is 9.34. The third-order valence-corrected chi connectivity index (χ3v) is 3.11. The SMILES string of the molecule is Fc1ccc2ncn3c4ccccc4nc3c2c1. The molecule has 0 fully saturated rings. The smallest absolute Gasteiger partial charge is 0.148 e. The molecule has 0 saturated carbocycles. The van der Waals surface area contributed by atoms with E-state index in [1.54, 1.807) is 12.4 Å². The van der Waals surface area contributed by atoms with Crippen molar-refractivity contribution in [2.45, 2.75) is 0 Å². The van der Waals surface area contributed by atoms with E-state index >= 15 is 0 Å². The van der Waals surface area contributed by atoms with E-state index in [0.29, 0.717) is 0 Å². The second-order valence-corrected chi connectivity index (χ2v) is 4.20. The van der Waals surface area contributed by atoms with E-state index in [1.165, 1.54) is 12.1 Å². The lowest BCUT2D eigenvalue weighted by molar-refractivity contribution is 0.629. The first-order valence-corrected chi connectivity index (χ1v) is 5.64. The average molecular weight is 237 g/mol. The van der Waals surface area contributed by atoms with Crippen molar-refractivity contribution in [2.24, 2.45) is 0 Å². The molecule has 2 aromatic heterocycles. The van der Waals surface area contributed by atoms with Crippen molar-refractivity contribution in [3.05, 3.63) is 54.6 Å². The van der Waals surface area contributed by atoms with Crippen LogP contribution in [0.4, 0.5) is 4.39 Å². The van der Waals surface area contributed by atoms with Gasteiger partial charge in [0.2, 0.25) is 0 Å². The van der Waals surface area contributed by atoms with Gasteiger partial charge in [0.05, 0.1) is 16.6 Å². The summed E-state index contributed by atoms with van der Waals surface area (Å²) in [5.41, 5.74) is 3.35. The summed E-state index contributed by atoms with van der Waals surface area (Å²) in [4.78, 5) is 8.87. The fourth-order valence-corrected chi connectivity index (χ4v) is 2.27. The lowest BCUT2D eigenvalue weighted by atomic mass is 10.2. The summed E-state index contributed by atoms with van der Waals surface area (Å²) in [6, 6.07) is 12.4. The Bertz CT molecular complexity index is 895. The third-order valence-electron chi connectivity index (χ3n) is 3.11. The molecule has 0 amide bonds. The molecule has 86 valence electrons. The standard InChI is InChI=1S/C14H8FN3/c15-9-5-6-11-10(7-9)14-17-12-3-1-2-4-13(12)18(14)8-16-11/h1-8H. The summed E-state index contributed by atoms with van der Waals surface area (Å²) < 4.78 is 15.2. The van der Waals surface area contributed by atoms with Gasteiger partial charge in [-0.1, -0.05) is 12.1 Å². The summed E-state index contributed by atoms with van der Waals surface area (Å²) in [6.45, 7) is 0. The Labute approximate surface area is 102 Å². The fourth-order valence-electron chi connectivity index (χ4n) is 2.27. The number of aromatic nitrogens is 3. The highest BCUT2D eigenvalue weighted by Gasteiger charge is 2.08. The molecule has 0 saturated heterocycles. The predicted molar refractivity (Wildman–Crippen MR) is 68.0 cm³/mol. The zero-order valence-corrected chi connectivity index (χ0v) is 9.34. The Morgan fingerprint density at radius 1 is 1.00 bits per heavy atom. The van der Waals surface area contributed by atoms with Gasteiger partial charge in [0, 0.05) is 5.39 Å². The molecule has 0 unspecified atom stereocenters. The molecule has 3 nitrogen and oxygen atoms in total. The van der Waals surface area contributed by atoms with Gasteiger partial charge in [-0.2, -0.15) is 0 Å². The highest BCUT2D eigenvalue weighted by molar-refractivity contribution is 5.95. The molecule has 18 heavy (non-hydrogen) atoms. The summed E-state index contributed by atoms with van der Waals surface area (Å²) in [7, 11) is 0. The minimum Gasteiger partial charge on any atom is -0.282 e. The Morgan fingerprint density at radius 2 is 1.89 bits per heavy atom. The number of rotatable bonds is 0. The minimum absolute atomic E-state index is 0.274. The summed E-state index contributed by atoms with van der Waals surface area (Å²) >= 11 is 0. The maximum Gasteiger partial charge on any atom is 0.148 e. The zero-order chi connectivity index (χ0) is 12.1. The minimum atomic E-state index is -0.274. The molecule has 4 aromatic rings. The van der Waals surface area contributed by atoms with E-state index in [-0.39, 0.29) is 5.82 Å². The second-order valence-electron chi connectivity index (χ2n) is 4.20. The number of para-hydroxylation sites is 2. The summed E-state index contributed by atoms with van der Waals surface area (Å²) in [5, 5.41) is 0.730. The summed E-state index contributed by atoms with van der Waals surface area (Å²) in [5.74, 6) is -0.274. The number of hydrogen-bond acceptors (Lipinski definition) is 2. The molecule has 4 rings (SSSR count). The molecule has 0 N–H and O–H groups in total. The van der Waals surface area contributed by atoms with Gasteiger partial charge in [-0.3, -0.25) is 4.40 Å². The van der Waals surface area contributed by atoms with E-state index in [0.717, 1.165) is 27.6 Å². The average Bonchev–Trinajstić information content (AvgIpc) is 2.78. The molecule has 0 bridgehead atoms. The number of hydrogen-bond donors (Lipinski definition) is 0. The van der Waals surface area contributed by atoms with E-state index in [4.69, 9.17) is 0 Å². The van der Waals surface area contributed by atoms with E-state index < -0.39 is 0 Å². The van der Waals surface area contributed by atoms with Gasteiger partial charge >= 0.3 is 0 Å². The lowest BCUT2D eigenvalue weighted by Gasteiger charge is -2.00. The van der Waals surface area contributed by atoms with Crippen molar-refractivity contribution in [1.29, 1.82) is 0 Å². The Balaban J connectivity index is 2.31. The fraction of sp³-hybridized carbons (Fsp3) is 0. The van der Waals surface area contributed by atoms with Crippen LogP contribution < -0.4 is 0 Å². The van der Waals surface area contributed by atoms with Crippen LogP contribution in [0.15, 0.2) is 48.8 Å². The first-order chi connectivity index (χ1) is 8.83. The molecular weight excluding hydrogens is 229 g/mol. The molecule has 0 atom stereocenters. The Kier molecular flexibility index (Phi) is 1.73. The monoisotopic (exact) mass is 237 g/mol. The highest BCUT2D eigenvalue weighted by Crippen LogP contribution is 2.22. The van der Waals surface area contributed by atoms with E-state index in [2.05, 4.69) is 9.97 Å². The molecule has 0 spiro atoms. The van der Waals surface area contributed by atoms with Crippen LogP contribution in [-0.2, 0) is 0 Å².